The van der Waals surface area contributed by atoms with Crippen LogP contribution >= 0.6 is 0 Å². The van der Waals surface area contributed by atoms with E-state index in [-0.39, 0.29) is 6.54 Å². The zero-order chi connectivity index (χ0) is 19.0. The molecule has 0 fully saturated rings. The van der Waals surface area contributed by atoms with Crippen LogP contribution in [0.25, 0.3) is 21.7 Å². The van der Waals surface area contributed by atoms with Crippen LogP contribution in [-0.4, -0.2) is 20.2 Å². The summed E-state index contributed by atoms with van der Waals surface area (Å²) in [6.07, 6.45) is 0. The van der Waals surface area contributed by atoms with E-state index in [1.165, 1.54) is 0 Å². The topological polar surface area (TPSA) is 81.3 Å². The monoisotopic (exact) mass is 360 g/mol. The van der Waals surface area contributed by atoms with Crippen molar-refractivity contribution in [1.29, 1.82) is 0 Å². The second-order valence-corrected chi connectivity index (χ2v) is 6.31. The summed E-state index contributed by atoms with van der Waals surface area (Å²) in [6, 6.07) is 20.0. The molecule has 0 aliphatic carbocycles. The number of para-hydroxylation sites is 1. The molecule has 0 atom stereocenters. The fourth-order valence-corrected chi connectivity index (χ4v) is 3.40. The minimum atomic E-state index is -1.14. The molecule has 0 radical (unpaired) electrons. The Bertz CT molecular complexity index is 1300. The molecule has 0 aliphatic heterocycles. The van der Waals surface area contributed by atoms with Crippen molar-refractivity contribution in [2.75, 3.05) is 0 Å². The van der Waals surface area contributed by atoms with Crippen LogP contribution in [0.4, 0.5) is 0 Å². The van der Waals surface area contributed by atoms with Gasteiger partial charge in [0.1, 0.15) is 6.54 Å². The molecule has 0 unspecified atom stereocenters. The highest BCUT2D eigenvalue weighted by molar-refractivity contribution is 5.85. The van der Waals surface area contributed by atoms with Gasteiger partial charge in [0.2, 0.25) is 0 Å². The number of fused-ring (bicyclic) bond motifs is 2. The molecule has 6 heteroatoms. The third kappa shape index (κ3) is 2.91. The van der Waals surface area contributed by atoms with Gasteiger partial charge in [0.15, 0.2) is 0 Å². The molecular formula is C21H16N2O4. The zero-order valence-electron chi connectivity index (χ0n) is 14.3. The standard InChI is InChI=1S/C21H16N2O4/c24-19(25)13-22-18-11-4-3-10-17(18)20(26)23(21(22)27)12-15-8-5-7-14-6-1-2-9-16(14)15/h1-11H,12-13H2,(H,24,25). The molecule has 4 aromatic rings. The number of aliphatic carboxylic acids is 1. The van der Waals surface area contributed by atoms with Gasteiger partial charge >= 0.3 is 11.7 Å². The molecule has 134 valence electrons. The van der Waals surface area contributed by atoms with E-state index in [1.807, 2.05) is 42.5 Å². The van der Waals surface area contributed by atoms with E-state index in [0.29, 0.717) is 10.9 Å². The molecule has 1 aromatic heterocycles. The predicted octanol–water partition coefficient (Wildman–Crippen LogP) is 2.45. The van der Waals surface area contributed by atoms with Gasteiger partial charge in [0, 0.05) is 0 Å². The second-order valence-electron chi connectivity index (χ2n) is 6.31. The van der Waals surface area contributed by atoms with Gasteiger partial charge in [0.25, 0.3) is 5.56 Å². The van der Waals surface area contributed by atoms with Crippen molar-refractivity contribution in [3.05, 3.63) is 93.1 Å². The van der Waals surface area contributed by atoms with E-state index >= 15 is 0 Å². The number of carbonyl (C=O) groups is 1. The molecule has 0 amide bonds. The van der Waals surface area contributed by atoms with Gasteiger partial charge in [-0.2, -0.15) is 0 Å². The smallest absolute Gasteiger partial charge is 0.332 e. The normalized spacial score (nSPS) is 11.1. The highest BCUT2D eigenvalue weighted by Gasteiger charge is 2.15. The molecule has 4 rings (SSSR count). The SMILES string of the molecule is O=C(O)Cn1c(=O)n(Cc2cccc3ccccc23)c(=O)c2ccccc21. The number of carboxylic acids is 1. The molecule has 0 aliphatic rings. The van der Waals surface area contributed by atoms with Crippen LogP contribution in [0.1, 0.15) is 5.56 Å². The average Bonchev–Trinajstić information content (AvgIpc) is 2.68. The summed E-state index contributed by atoms with van der Waals surface area (Å²) < 4.78 is 2.23. The Labute approximate surface area is 153 Å². The van der Waals surface area contributed by atoms with Crippen LogP contribution in [-0.2, 0) is 17.9 Å². The molecular weight excluding hydrogens is 344 g/mol. The van der Waals surface area contributed by atoms with Crippen molar-refractivity contribution in [2.45, 2.75) is 13.1 Å². The van der Waals surface area contributed by atoms with Crippen LogP contribution in [0.5, 0.6) is 0 Å². The molecule has 3 aromatic carbocycles. The van der Waals surface area contributed by atoms with E-state index in [1.54, 1.807) is 24.3 Å². The van der Waals surface area contributed by atoms with Crippen molar-refractivity contribution in [3.63, 3.8) is 0 Å². The van der Waals surface area contributed by atoms with Crippen molar-refractivity contribution >= 4 is 27.6 Å². The summed E-state index contributed by atoms with van der Waals surface area (Å²) in [5.41, 5.74) is 0.0905. The largest absolute Gasteiger partial charge is 0.480 e. The molecule has 1 N–H and O–H groups in total. The Morgan fingerprint density at radius 1 is 0.815 bits per heavy atom. The van der Waals surface area contributed by atoms with Crippen molar-refractivity contribution in [1.82, 2.24) is 9.13 Å². The molecule has 0 bridgehead atoms. The summed E-state index contributed by atoms with van der Waals surface area (Å²) in [5, 5.41) is 11.5. The third-order valence-electron chi connectivity index (χ3n) is 4.63. The Kier molecular flexibility index (Phi) is 4.08. The number of carboxylic acid groups (broad SMARTS) is 1. The minimum absolute atomic E-state index is 0.0729. The average molecular weight is 360 g/mol. The van der Waals surface area contributed by atoms with Gasteiger partial charge in [0.05, 0.1) is 17.4 Å². The first-order valence-corrected chi connectivity index (χ1v) is 8.47. The summed E-state index contributed by atoms with van der Waals surface area (Å²) in [7, 11) is 0. The van der Waals surface area contributed by atoms with Crippen molar-refractivity contribution < 1.29 is 9.90 Å². The van der Waals surface area contributed by atoms with Gasteiger partial charge < -0.3 is 5.11 Å². The van der Waals surface area contributed by atoms with Crippen LogP contribution in [0, 0.1) is 0 Å². The van der Waals surface area contributed by atoms with E-state index in [2.05, 4.69) is 0 Å². The van der Waals surface area contributed by atoms with E-state index in [4.69, 9.17) is 0 Å². The Morgan fingerprint density at radius 3 is 2.26 bits per heavy atom. The first-order valence-electron chi connectivity index (χ1n) is 8.47. The number of rotatable bonds is 4. The molecule has 0 spiro atoms. The number of nitrogens with zero attached hydrogens (tertiary/aromatic N) is 2. The maximum Gasteiger partial charge on any atom is 0.332 e. The fourth-order valence-electron chi connectivity index (χ4n) is 3.40. The molecule has 0 saturated carbocycles. The maximum atomic E-state index is 12.9. The van der Waals surface area contributed by atoms with Crippen molar-refractivity contribution in [2.24, 2.45) is 0 Å². The number of aromatic nitrogens is 2. The lowest BCUT2D eigenvalue weighted by atomic mass is 10.0. The van der Waals surface area contributed by atoms with Gasteiger partial charge in [-0.1, -0.05) is 54.6 Å². The third-order valence-corrected chi connectivity index (χ3v) is 4.63. The molecule has 0 saturated heterocycles. The lowest BCUT2D eigenvalue weighted by molar-refractivity contribution is -0.137. The van der Waals surface area contributed by atoms with E-state index in [0.717, 1.165) is 25.5 Å². The van der Waals surface area contributed by atoms with E-state index in [9.17, 15) is 19.5 Å². The van der Waals surface area contributed by atoms with E-state index < -0.39 is 23.8 Å². The zero-order valence-corrected chi connectivity index (χ0v) is 14.3. The van der Waals surface area contributed by atoms with Gasteiger partial charge in [-0.15, -0.1) is 0 Å². The predicted molar refractivity (Wildman–Crippen MR) is 103 cm³/mol. The summed E-state index contributed by atoms with van der Waals surface area (Å²) in [5.74, 6) is -1.14. The number of benzene rings is 3. The van der Waals surface area contributed by atoms with Crippen LogP contribution in [0.15, 0.2) is 76.3 Å². The summed E-state index contributed by atoms with van der Waals surface area (Å²) >= 11 is 0. The fraction of sp³-hybridized carbons (Fsp3) is 0.0952. The van der Waals surface area contributed by atoms with Crippen LogP contribution in [0.2, 0.25) is 0 Å². The first-order chi connectivity index (χ1) is 13.1. The Morgan fingerprint density at radius 2 is 1.48 bits per heavy atom. The van der Waals surface area contributed by atoms with Gasteiger partial charge in [-0.25, -0.2) is 4.79 Å². The Balaban J connectivity index is 1.98. The quantitative estimate of drug-likeness (QED) is 0.606. The van der Waals surface area contributed by atoms with Gasteiger partial charge in [-0.05, 0) is 28.5 Å². The first kappa shape index (κ1) is 16.8. The highest BCUT2D eigenvalue weighted by Crippen LogP contribution is 2.19. The molecule has 6 nitrogen and oxygen atoms in total. The molecule has 1 heterocycles. The number of hydrogen-bond acceptors (Lipinski definition) is 3. The lowest BCUT2D eigenvalue weighted by Gasteiger charge is -2.13. The van der Waals surface area contributed by atoms with Gasteiger partial charge in [-0.3, -0.25) is 18.7 Å². The maximum absolute atomic E-state index is 12.9. The Hall–Kier alpha value is -3.67. The minimum Gasteiger partial charge on any atom is -0.480 e. The van der Waals surface area contributed by atoms with Crippen molar-refractivity contribution in [3.8, 4) is 0 Å². The highest BCUT2D eigenvalue weighted by atomic mass is 16.4. The summed E-state index contributed by atoms with van der Waals surface area (Å²) in [4.78, 5) is 37.1. The summed E-state index contributed by atoms with van der Waals surface area (Å²) in [6.45, 7) is -0.432. The van der Waals surface area contributed by atoms with Crippen LogP contribution in [0.3, 0.4) is 0 Å². The second kappa shape index (κ2) is 6.57. The lowest BCUT2D eigenvalue weighted by Crippen LogP contribution is -2.41. The molecule has 27 heavy (non-hydrogen) atoms. The van der Waals surface area contributed by atoms with Crippen LogP contribution < -0.4 is 11.2 Å². The number of hydrogen-bond donors (Lipinski definition) is 1.